The Balaban J connectivity index is 1.82. The molecule has 3 rings (SSSR count). The summed E-state index contributed by atoms with van der Waals surface area (Å²) in [4.78, 5) is 16.8. The lowest BCUT2D eigenvalue weighted by atomic mass is 9.85. The number of benzene rings is 2. The minimum absolute atomic E-state index is 0.109. The van der Waals surface area contributed by atoms with Crippen LogP contribution in [-0.4, -0.2) is 29.4 Å². The van der Waals surface area contributed by atoms with Gasteiger partial charge in [-0.15, -0.1) is 0 Å². The molecule has 1 heterocycles. The standard InChI is InChI=1S/C28H26F5N3O3/c1-17(36-26(37)27(2,3)39-25-9-6-21(15-35-25)28(31,32)33)24(20-10-19(14-34)11-22(30)13-20)12-18-4-7-23(8-5-18)38-16-29/h4-11,13,15,17,24H,12,16H2,1-3H3,(H,36,37)/t17-,24+/m0/s1/i29-1. The molecule has 39 heavy (non-hydrogen) atoms. The number of hydrogen-bond acceptors (Lipinski definition) is 5. The molecule has 1 amide bonds. The Hall–Kier alpha value is -4.20. The Morgan fingerprint density at radius 3 is 2.36 bits per heavy atom. The Labute approximate surface area is 222 Å². The molecule has 2 aromatic carbocycles. The van der Waals surface area contributed by atoms with Crippen LogP contribution in [0.4, 0.5) is 22.0 Å². The fraction of sp³-hybridized carbons (Fsp3) is 0.321. The number of nitrogens with one attached hydrogen (secondary N) is 1. The molecule has 0 bridgehead atoms. The number of alkyl halides is 4. The van der Waals surface area contributed by atoms with Crippen LogP contribution in [0.1, 0.15) is 48.9 Å². The second-order valence-electron chi connectivity index (χ2n) is 9.35. The van der Waals surface area contributed by atoms with Crippen molar-refractivity contribution in [1.82, 2.24) is 10.3 Å². The summed E-state index contributed by atoms with van der Waals surface area (Å²) in [7, 11) is 0. The van der Waals surface area contributed by atoms with E-state index in [9.17, 15) is 32.0 Å². The fourth-order valence-electron chi connectivity index (χ4n) is 3.91. The average Bonchev–Trinajstić information content (AvgIpc) is 2.87. The van der Waals surface area contributed by atoms with Crippen LogP contribution in [0.25, 0.3) is 0 Å². The SMILES string of the molecule is C[C@H](NC(=O)C(C)(C)Oc1ccc(C(F)(F)F)cn1)[C@@H](Cc1ccc(OC[18F])cc1)c1cc(F)cc(C#N)c1. The highest BCUT2D eigenvalue weighted by molar-refractivity contribution is 5.85. The van der Waals surface area contributed by atoms with E-state index >= 15 is 0 Å². The van der Waals surface area contributed by atoms with Gasteiger partial charge in [0.25, 0.3) is 5.91 Å². The topological polar surface area (TPSA) is 84.2 Å². The van der Waals surface area contributed by atoms with Gasteiger partial charge in [0.15, 0.2) is 5.60 Å². The molecule has 0 saturated heterocycles. The van der Waals surface area contributed by atoms with Gasteiger partial charge in [-0.2, -0.15) is 18.4 Å². The van der Waals surface area contributed by atoms with Crippen LogP contribution in [0.2, 0.25) is 0 Å². The molecule has 0 spiro atoms. The third-order valence-electron chi connectivity index (χ3n) is 6.01. The second kappa shape index (κ2) is 12.1. The van der Waals surface area contributed by atoms with E-state index in [1.54, 1.807) is 31.2 Å². The summed E-state index contributed by atoms with van der Waals surface area (Å²) >= 11 is 0. The maximum Gasteiger partial charge on any atom is 0.417 e. The summed E-state index contributed by atoms with van der Waals surface area (Å²) in [6.45, 7) is 3.59. The van der Waals surface area contributed by atoms with Gasteiger partial charge in [0.2, 0.25) is 12.7 Å². The number of carbonyl (C=O) groups is 1. The average molecular weight is 547 g/mol. The molecule has 0 saturated carbocycles. The van der Waals surface area contributed by atoms with Gasteiger partial charge in [0.05, 0.1) is 17.2 Å². The summed E-state index contributed by atoms with van der Waals surface area (Å²) in [6, 6.07) is 13.6. The monoisotopic (exact) mass is 546 g/mol. The minimum Gasteiger partial charge on any atom is -0.463 e. The first-order chi connectivity index (χ1) is 18.3. The molecule has 206 valence electrons. The summed E-state index contributed by atoms with van der Waals surface area (Å²) < 4.78 is 75.7. The van der Waals surface area contributed by atoms with Gasteiger partial charge >= 0.3 is 6.18 Å². The zero-order chi connectivity index (χ0) is 28.8. The number of aromatic nitrogens is 1. The number of carbonyl (C=O) groups excluding carboxylic acids is 1. The van der Waals surface area contributed by atoms with Crippen LogP contribution in [0.15, 0.2) is 60.8 Å². The molecule has 1 aromatic heterocycles. The molecule has 11 heteroatoms. The lowest BCUT2D eigenvalue weighted by Gasteiger charge is -2.30. The molecular formula is C28H26F5N3O3. The van der Waals surface area contributed by atoms with Gasteiger partial charge in [-0.25, -0.2) is 13.8 Å². The van der Waals surface area contributed by atoms with Crippen LogP contribution in [0, 0.1) is 17.1 Å². The van der Waals surface area contributed by atoms with Gasteiger partial charge < -0.3 is 14.8 Å². The quantitative estimate of drug-likeness (QED) is 0.311. The zero-order valence-corrected chi connectivity index (χ0v) is 21.4. The second-order valence-corrected chi connectivity index (χ2v) is 9.35. The summed E-state index contributed by atoms with van der Waals surface area (Å²) in [5, 5.41) is 12.1. The van der Waals surface area contributed by atoms with Crippen LogP contribution in [0.5, 0.6) is 11.6 Å². The van der Waals surface area contributed by atoms with Crippen molar-refractivity contribution in [2.24, 2.45) is 0 Å². The van der Waals surface area contributed by atoms with E-state index in [4.69, 9.17) is 9.47 Å². The zero-order valence-electron chi connectivity index (χ0n) is 21.4. The van der Waals surface area contributed by atoms with Crippen molar-refractivity contribution >= 4 is 5.91 Å². The number of pyridine rings is 1. The van der Waals surface area contributed by atoms with Crippen molar-refractivity contribution in [3.05, 3.63) is 88.9 Å². The van der Waals surface area contributed by atoms with Crippen LogP contribution in [0.3, 0.4) is 0 Å². The smallest absolute Gasteiger partial charge is 0.417 e. The van der Waals surface area contributed by atoms with Gasteiger partial charge in [0, 0.05) is 24.2 Å². The molecule has 3 aromatic rings. The Morgan fingerprint density at radius 1 is 1.10 bits per heavy atom. The molecule has 6 nitrogen and oxygen atoms in total. The van der Waals surface area contributed by atoms with E-state index in [2.05, 4.69) is 10.3 Å². The summed E-state index contributed by atoms with van der Waals surface area (Å²) in [5.41, 5.74) is -1.13. The molecule has 0 unspecified atom stereocenters. The Morgan fingerprint density at radius 2 is 1.79 bits per heavy atom. The van der Waals surface area contributed by atoms with Crippen LogP contribution >= 0.6 is 0 Å². The molecular weight excluding hydrogens is 520 g/mol. The maximum atomic E-state index is 14.3. The first-order valence-electron chi connectivity index (χ1n) is 11.8. The van der Waals surface area contributed by atoms with E-state index in [1.807, 2.05) is 6.07 Å². The van der Waals surface area contributed by atoms with Crippen molar-refractivity contribution in [2.45, 2.75) is 50.9 Å². The van der Waals surface area contributed by atoms with E-state index in [0.717, 1.165) is 23.8 Å². The third-order valence-corrected chi connectivity index (χ3v) is 6.01. The van der Waals surface area contributed by atoms with Crippen LogP contribution in [-0.2, 0) is 17.4 Å². The molecule has 0 aliphatic carbocycles. The van der Waals surface area contributed by atoms with Gasteiger partial charge in [-0.3, -0.25) is 4.79 Å². The number of rotatable bonds is 10. The number of nitriles is 1. The van der Waals surface area contributed by atoms with Gasteiger partial charge in [-0.1, -0.05) is 12.1 Å². The summed E-state index contributed by atoms with van der Waals surface area (Å²) in [6.07, 6.45) is -3.64. The predicted octanol–water partition coefficient (Wildman–Crippen LogP) is 6.11. The van der Waals surface area contributed by atoms with Gasteiger partial charge in [0.1, 0.15) is 11.6 Å². The lowest BCUT2D eigenvalue weighted by molar-refractivity contribution is -0.138. The van der Waals surface area contributed by atoms with Crippen molar-refractivity contribution in [3.8, 4) is 17.7 Å². The van der Waals surface area contributed by atoms with E-state index in [1.165, 1.54) is 26.0 Å². The van der Waals surface area contributed by atoms with E-state index in [0.29, 0.717) is 23.9 Å². The van der Waals surface area contributed by atoms with E-state index < -0.39 is 47.9 Å². The minimum atomic E-state index is -4.56. The third kappa shape index (κ3) is 7.89. The van der Waals surface area contributed by atoms with Gasteiger partial charge in [-0.05, 0) is 74.7 Å². The highest BCUT2D eigenvalue weighted by Gasteiger charge is 2.35. The van der Waals surface area contributed by atoms with Crippen molar-refractivity contribution in [1.29, 1.82) is 5.26 Å². The van der Waals surface area contributed by atoms with Crippen molar-refractivity contribution < 1.29 is 36.2 Å². The molecule has 2 atom stereocenters. The molecule has 0 aliphatic rings. The number of halogens is 5. The van der Waals surface area contributed by atoms with E-state index in [-0.39, 0.29) is 11.4 Å². The Bertz CT molecular complexity index is 1320. The fourth-order valence-corrected chi connectivity index (χ4v) is 3.91. The number of amides is 1. The first kappa shape index (κ1) is 29.4. The van der Waals surface area contributed by atoms with Crippen LogP contribution < -0.4 is 14.8 Å². The van der Waals surface area contributed by atoms with Crippen molar-refractivity contribution in [3.63, 3.8) is 0 Å². The lowest BCUT2D eigenvalue weighted by Crippen LogP contribution is -2.51. The molecule has 0 aliphatic heterocycles. The largest absolute Gasteiger partial charge is 0.463 e. The number of hydrogen-bond donors (Lipinski definition) is 1. The number of nitrogens with zero attached hydrogens (tertiary/aromatic N) is 2. The highest BCUT2D eigenvalue weighted by Crippen LogP contribution is 2.31. The highest BCUT2D eigenvalue weighted by atomic mass is 19.4. The molecule has 0 fully saturated rings. The summed E-state index contributed by atoms with van der Waals surface area (Å²) in [5.74, 6) is -1.56. The van der Waals surface area contributed by atoms with Crippen molar-refractivity contribution in [2.75, 3.05) is 6.86 Å². The maximum absolute atomic E-state index is 14.3. The molecule has 1 N–H and O–H groups in total. The number of ether oxygens (including phenoxy) is 2. The Kier molecular flexibility index (Phi) is 9.11. The predicted molar refractivity (Wildman–Crippen MR) is 132 cm³/mol. The molecule has 0 radical (unpaired) electrons. The normalized spacial score (nSPS) is 13.2. The first-order valence-corrected chi connectivity index (χ1v) is 11.8.